The summed E-state index contributed by atoms with van der Waals surface area (Å²) in [5.74, 6) is 4.09. The zero-order valence-electron chi connectivity index (χ0n) is 35.3. The first-order valence-electron chi connectivity index (χ1n) is 22.2. The summed E-state index contributed by atoms with van der Waals surface area (Å²) in [6.45, 7) is 21.9. The molecule has 6 unspecified atom stereocenters. The summed E-state index contributed by atoms with van der Waals surface area (Å²) >= 11 is 0. The largest absolute Gasteiger partial charge is 0.0807 e. The van der Waals surface area contributed by atoms with Crippen LogP contribution in [0.2, 0.25) is 0 Å². The molecule has 0 saturated carbocycles. The summed E-state index contributed by atoms with van der Waals surface area (Å²) < 4.78 is 0. The van der Waals surface area contributed by atoms with Crippen molar-refractivity contribution in [2.24, 2.45) is 46.3 Å². The van der Waals surface area contributed by atoms with Crippen molar-refractivity contribution in [3.63, 3.8) is 0 Å². The third-order valence-electron chi connectivity index (χ3n) is 15.8. The molecule has 0 N–H and O–H groups in total. The number of fused-ring (bicyclic) bond motifs is 4. The lowest BCUT2D eigenvalue weighted by atomic mass is 9.69. The van der Waals surface area contributed by atoms with Gasteiger partial charge >= 0.3 is 0 Å². The number of hydrogen-bond donors (Lipinski definition) is 0. The highest BCUT2D eigenvalue weighted by Gasteiger charge is 2.49. The fraction of sp³-hybridized carbons (Fsp3) is 0.556. The van der Waals surface area contributed by atoms with Crippen LogP contribution in [0.1, 0.15) is 150 Å². The molecule has 0 heteroatoms. The molecule has 54 heavy (non-hydrogen) atoms. The van der Waals surface area contributed by atoms with Crippen molar-refractivity contribution in [1.82, 2.24) is 0 Å². The number of benzene rings is 1. The van der Waals surface area contributed by atoms with E-state index in [1.807, 2.05) is 5.57 Å². The van der Waals surface area contributed by atoms with Gasteiger partial charge in [-0.25, -0.2) is 0 Å². The Morgan fingerprint density at radius 3 is 2.52 bits per heavy atom. The van der Waals surface area contributed by atoms with Gasteiger partial charge in [0.1, 0.15) is 0 Å². The van der Waals surface area contributed by atoms with Crippen molar-refractivity contribution < 1.29 is 0 Å². The third-order valence-corrected chi connectivity index (χ3v) is 15.8. The summed E-state index contributed by atoms with van der Waals surface area (Å²) in [5.41, 5.74) is 19.0. The van der Waals surface area contributed by atoms with Gasteiger partial charge in [-0.1, -0.05) is 146 Å². The van der Waals surface area contributed by atoms with Crippen LogP contribution in [0.25, 0.3) is 17.7 Å². The van der Waals surface area contributed by atoms with Gasteiger partial charge in [-0.15, -0.1) is 0 Å². The minimum absolute atomic E-state index is 0.185. The zero-order chi connectivity index (χ0) is 37.7. The third kappa shape index (κ3) is 6.07. The van der Waals surface area contributed by atoms with E-state index in [4.69, 9.17) is 0 Å². The SMILES string of the molecule is CCC1=CC=C(C2=CC3=C(CC2)C2CCC(CCCC4CC=c5cc(C(C)(C)C)cc6c5=C4CC=C6)=CC2C3(C)C)C2CC3CC(C(C)(C)C)C=CC3=C12. The molecule has 0 aliphatic heterocycles. The molecule has 0 amide bonds. The standard InChI is InChI=1S/C54H68/c1-10-34-20-24-42(47-31-39-30-40(52(2,3)4)22-26-44(39)51(34)47)36-21-25-46-45-23-17-33(27-48(45)54(8,9)49(46)32-36)13-11-14-35-18-19-38-29-41(53(5,6)7)28-37-15-12-16-43(35)50(37)38/h12,15,19-20,22,24,26-29,32,35,39-40,45,47-48H,10-11,13-14,16-18,21,23,25,30-31H2,1-9H3. The maximum Gasteiger partial charge on any atom is 0.0103 e. The first kappa shape index (κ1) is 36.5. The lowest BCUT2D eigenvalue weighted by molar-refractivity contribution is 0.245. The predicted molar refractivity (Wildman–Crippen MR) is 232 cm³/mol. The second kappa shape index (κ2) is 13.2. The Bertz CT molecular complexity index is 2140. The Balaban J connectivity index is 0.909. The summed E-state index contributed by atoms with van der Waals surface area (Å²) in [7, 11) is 0. The van der Waals surface area contributed by atoms with Crippen LogP contribution in [-0.2, 0) is 5.41 Å². The second-order valence-electron chi connectivity index (χ2n) is 21.4. The molecule has 0 radical (unpaired) electrons. The monoisotopic (exact) mass is 717 g/mol. The van der Waals surface area contributed by atoms with Gasteiger partial charge in [0.05, 0.1) is 0 Å². The number of rotatable bonds is 6. The van der Waals surface area contributed by atoms with Gasteiger partial charge < -0.3 is 0 Å². The Hall–Kier alpha value is -3.12. The highest BCUT2D eigenvalue weighted by atomic mass is 14.5. The van der Waals surface area contributed by atoms with Gasteiger partial charge in [0.2, 0.25) is 0 Å². The van der Waals surface area contributed by atoms with Gasteiger partial charge in [-0.2, -0.15) is 0 Å². The van der Waals surface area contributed by atoms with Crippen LogP contribution in [0, 0.1) is 46.3 Å². The number of hydrogen-bond acceptors (Lipinski definition) is 0. The van der Waals surface area contributed by atoms with E-state index < -0.39 is 0 Å². The molecule has 0 heterocycles. The van der Waals surface area contributed by atoms with Crippen LogP contribution in [0.3, 0.4) is 0 Å². The quantitative estimate of drug-likeness (QED) is 0.257. The van der Waals surface area contributed by atoms with E-state index in [2.05, 4.69) is 129 Å². The molecule has 0 spiro atoms. The molecule has 0 nitrogen and oxygen atoms in total. The Kier molecular flexibility index (Phi) is 8.95. The van der Waals surface area contributed by atoms with Gasteiger partial charge in [0, 0.05) is 5.92 Å². The molecule has 8 aliphatic carbocycles. The van der Waals surface area contributed by atoms with E-state index in [0.717, 1.165) is 18.8 Å². The smallest absolute Gasteiger partial charge is 0.0103 e. The molecular weight excluding hydrogens is 649 g/mol. The molecule has 1 aromatic rings. The molecule has 284 valence electrons. The summed E-state index contributed by atoms with van der Waals surface area (Å²) in [5, 5.41) is 3.08. The molecule has 0 fully saturated rings. The highest BCUT2D eigenvalue weighted by molar-refractivity contribution is 5.68. The van der Waals surface area contributed by atoms with Crippen molar-refractivity contribution in [2.75, 3.05) is 0 Å². The van der Waals surface area contributed by atoms with Crippen LogP contribution >= 0.6 is 0 Å². The second-order valence-corrected chi connectivity index (χ2v) is 21.4. The van der Waals surface area contributed by atoms with Crippen LogP contribution < -0.4 is 10.4 Å². The van der Waals surface area contributed by atoms with E-state index >= 15 is 0 Å². The molecule has 9 rings (SSSR count). The molecule has 8 aliphatic rings. The van der Waals surface area contributed by atoms with Crippen molar-refractivity contribution in [3.8, 4) is 0 Å². The normalized spacial score (nSPS) is 30.8. The molecule has 0 bridgehead atoms. The van der Waals surface area contributed by atoms with Crippen molar-refractivity contribution in [1.29, 1.82) is 0 Å². The van der Waals surface area contributed by atoms with E-state index in [1.165, 1.54) is 80.6 Å². The van der Waals surface area contributed by atoms with Gasteiger partial charge in [-0.3, -0.25) is 0 Å². The summed E-state index contributed by atoms with van der Waals surface area (Å²) in [6, 6.07) is 4.97. The predicted octanol–water partition coefficient (Wildman–Crippen LogP) is 13.4. The molecular formula is C54H68. The Morgan fingerprint density at radius 2 is 1.74 bits per heavy atom. The van der Waals surface area contributed by atoms with Crippen LogP contribution in [0.4, 0.5) is 0 Å². The number of allylic oxidation sites excluding steroid dienone is 15. The first-order valence-corrected chi connectivity index (χ1v) is 22.2. The minimum atomic E-state index is 0.185. The van der Waals surface area contributed by atoms with E-state index in [0.29, 0.717) is 35.0 Å². The lowest BCUT2D eigenvalue weighted by Crippen LogP contribution is -2.37. The van der Waals surface area contributed by atoms with Gasteiger partial charge in [-0.05, 0) is 178 Å². The van der Waals surface area contributed by atoms with Crippen molar-refractivity contribution in [3.05, 3.63) is 121 Å². The first-order chi connectivity index (χ1) is 25.7. The molecule has 0 aromatic heterocycles. The van der Waals surface area contributed by atoms with Crippen molar-refractivity contribution >= 4 is 17.7 Å². The summed E-state index contributed by atoms with van der Waals surface area (Å²) in [4.78, 5) is 0. The molecule has 6 atom stereocenters. The van der Waals surface area contributed by atoms with E-state index in [1.54, 1.807) is 49.8 Å². The molecule has 1 aromatic carbocycles. The fourth-order valence-electron chi connectivity index (χ4n) is 12.6. The van der Waals surface area contributed by atoms with E-state index in [-0.39, 0.29) is 10.8 Å². The van der Waals surface area contributed by atoms with Crippen molar-refractivity contribution in [2.45, 2.75) is 145 Å². The topological polar surface area (TPSA) is 0 Å². The summed E-state index contributed by atoms with van der Waals surface area (Å²) in [6.07, 6.45) is 38.4. The maximum absolute atomic E-state index is 2.81. The molecule has 0 saturated heterocycles. The Morgan fingerprint density at radius 1 is 0.907 bits per heavy atom. The van der Waals surface area contributed by atoms with Crippen LogP contribution in [0.15, 0.2) is 99.2 Å². The maximum atomic E-state index is 2.81. The zero-order valence-corrected chi connectivity index (χ0v) is 35.3. The highest BCUT2D eigenvalue weighted by Crippen LogP contribution is 2.60. The average molecular weight is 717 g/mol. The van der Waals surface area contributed by atoms with Gasteiger partial charge in [0.15, 0.2) is 0 Å². The van der Waals surface area contributed by atoms with E-state index in [9.17, 15) is 0 Å². The van der Waals surface area contributed by atoms with Crippen LogP contribution in [-0.4, -0.2) is 0 Å². The average Bonchev–Trinajstić information content (AvgIpc) is 3.63. The lowest BCUT2D eigenvalue weighted by Gasteiger charge is -2.35. The minimum Gasteiger partial charge on any atom is -0.0807 e. The fourth-order valence-corrected chi connectivity index (χ4v) is 12.6. The Labute approximate surface area is 328 Å². The van der Waals surface area contributed by atoms with Crippen LogP contribution in [0.5, 0.6) is 0 Å². The van der Waals surface area contributed by atoms with Gasteiger partial charge in [0.25, 0.3) is 0 Å².